The van der Waals surface area contributed by atoms with Crippen LogP contribution in [0.4, 0.5) is 0 Å². The third-order valence-corrected chi connectivity index (χ3v) is 5.69. The van der Waals surface area contributed by atoms with Gasteiger partial charge in [0.1, 0.15) is 6.04 Å². The molecule has 1 aromatic rings. The van der Waals surface area contributed by atoms with Crippen LogP contribution in [0.25, 0.3) is 0 Å². The summed E-state index contributed by atoms with van der Waals surface area (Å²) in [5.41, 5.74) is 0.794. The Morgan fingerprint density at radius 2 is 1.28 bits per heavy atom. The number of rotatable bonds is 19. The Hall–Kier alpha value is -3.96. The van der Waals surface area contributed by atoms with E-state index in [1.807, 2.05) is 6.07 Å². The predicted octanol–water partition coefficient (Wildman–Crippen LogP) is -0.325. The maximum absolute atomic E-state index is 12.8. The Morgan fingerprint density at radius 1 is 0.667 bits per heavy atom. The van der Waals surface area contributed by atoms with Gasteiger partial charge in [-0.25, -0.2) is 0 Å². The summed E-state index contributed by atoms with van der Waals surface area (Å²) in [5, 5.41) is 15.2. The number of amides is 6. The van der Waals surface area contributed by atoms with E-state index in [2.05, 4.69) is 38.8 Å². The van der Waals surface area contributed by atoms with Crippen LogP contribution in [-0.2, 0) is 35.2 Å². The van der Waals surface area contributed by atoms with E-state index in [1.54, 1.807) is 24.3 Å². The van der Waals surface area contributed by atoms with Gasteiger partial charge in [-0.1, -0.05) is 56.5 Å². The monoisotopic (exact) mass is 546 g/mol. The Bertz CT molecular complexity index is 940. The molecule has 6 amide bonds. The van der Waals surface area contributed by atoms with Crippen molar-refractivity contribution in [3.63, 3.8) is 0 Å². The highest BCUT2D eigenvalue weighted by molar-refractivity contribution is 5.92. The Morgan fingerprint density at radius 3 is 1.97 bits per heavy atom. The minimum atomic E-state index is -0.985. The fraction of sp³-hybridized carbons (Fsp3) is 0.556. The molecule has 0 saturated heterocycles. The smallest absolute Gasteiger partial charge is 0.243 e. The van der Waals surface area contributed by atoms with E-state index in [0.29, 0.717) is 12.8 Å². The number of hydrogen-bond acceptors (Lipinski definition) is 6. The molecule has 0 radical (unpaired) electrons. The topological polar surface area (TPSA) is 175 Å². The van der Waals surface area contributed by atoms with Gasteiger partial charge in [0.25, 0.3) is 0 Å². The highest BCUT2D eigenvalue weighted by atomic mass is 16.2. The lowest BCUT2D eigenvalue weighted by Gasteiger charge is -2.19. The van der Waals surface area contributed by atoms with Crippen molar-refractivity contribution in [2.24, 2.45) is 0 Å². The average molecular weight is 547 g/mol. The minimum absolute atomic E-state index is 0.129. The third kappa shape index (κ3) is 16.5. The largest absolute Gasteiger partial charge is 0.359 e. The van der Waals surface area contributed by atoms with E-state index in [4.69, 9.17) is 0 Å². The second kappa shape index (κ2) is 20.1. The van der Waals surface area contributed by atoms with Crippen molar-refractivity contribution in [3.05, 3.63) is 35.9 Å². The summed E-state index contributed by atoms with van der Waals surface area (Å²) in [6, 6.07) is 8.05. The van der Waals surface area contributed by atoms with Gasteiger partial charge in [0.15, 0.2) is 0 Å². The van der Waals surface area contributed by atoms with Gasteiger partial charge in [-0.15, -0.1) is 0 Å². The SMILES string of the molecule is CCCCCCC(=O)NCC(=O)NCC(=O)NC(Cc1ccccc1)C(=O)NCC(=O)NCCCC(=O)NC. The van der Waals surface area contributed by atoms with Gasteiger partial charge in [-0.2, -0.15) is 0 Å². The number of carbonyl (C=O) groups excluding carboxylic acids is 6. The molecule has 6 N–H and O–H groups in total. The third-order valence-electron chi connectivity index (χ3n) is 5.69. The first-order chi connectivity index (χ1) is 18.7. The van der Waals surface area contributed by atoms with E-state index in [9.17, 15) is 28.8 Å². The van der Waals surface area contributed by atoms with Crippen LogP contribution in [0.2, 0.25) is 0 Å². The minimum Gasteiger partial charge on any atom is -0.359 e. The summed E-state index contributed by atoms with van der Waals surface area (Å²) in [7, 11) is 1.53. The summed E-state index contributed by atoms with van der Waals surface area (Å²) < 4.78 is 0. The van der Waals surface area contributed by atoms with Crippen LogP contribution in [0.3, 0.4) is 0 Å². The van der Waals surface area contributed by atoms with E-state index >= 15 is 0 Å². The molecule has 1 aromatic carbocycles. The van der Waals surface area contributed by atoms with Gasteiger partial charge >= 0.3 is 0 Å². The molecule has 12 nitrogen and oxygen atoms in total. The van der Waals surface area contributed by atoms with Gasteiger partial charge < -0.3 is 31.9 Å². The number of unbranched alkanes of at least 4 members (excludes halogenated alkanes) is 3. The van der Waals surface area contributed by atoms with Crippen LogP contribution in [0.1, 0.15) is 57.4 Å². The Balaban J connectivity index is 2.50. The fourth-order valence-electron chi connectivity index (χ4n) is 3.48. The Labute approximate surface area is 229 Å². The summed E-state index contributed by atoms with van der Waals surface area (Å²) in [6.45, 7) is 1.44. The van der Waals surface area contributed by atoms with Crippen molar-refractivity contribution in [1.82, 2.24) is 31.9 Å². The summed E-state index contributed by atoms with van der Waals surface area (Å²) in [5.74, 6) is -2.45. The number of benzene rings is 1. The standard InChI is InChI=1S/C27H42N6O6/c1-3-4-5-9-13-23(35)30-17-25(37)31-19-26(38)33-21(16-20-11-7-6-8-12-20)27(39)32-18-24(36)29-15-10-14-22(34)28-2/h6-8,11-12,21H,3-5,9-10,13-19H2,1-2H3,(H,28,34)(H,29,36)(H,30,35)(H,31,37)(H,32,39)(H,33,38). The maximum atomic E-state index is 12.8. The molecule has 216 valence electrons. The molecule has 39 heavy (non-hydrogen) atoms. The number of nitrogens with one attached hydrogen (secondary N) is 6. The first-order valence-corrected chi connectivity index (χ1v) is 13.4. The Kier molecular flexibility index (Phi) is 17.0. The van der Waals surface area contributed by atoms with E-state index < -0.39 is 29.7 Å². The number of hydrogen-bond donors (Lipinski definition) is 6. The lowest BCUT2D eigenvalue weighted by atomic mass is 10.1. The normalized spacial score (nSPS) is 11.0. The van der Waals surface area contributed by atoms with Gasteiger partial charge in [-0.3, -0.25) is 28.8 Å². The van der Waals surface area contributed by atoms with Crippen LogP contribution in [0, 0.1) is 0 Å². The predicted molar refractivity (Wildman–Crippen MR) is 146 cm³/mol. The number of carbonyl (C=O) groups is 6. The van der Waals surface area contributed by atoms with Crippen molar-refractivity contribution in [2.75, 3.05) is 33.2 Å². The summed E-state index contributed by atoms with van der Waals surface area (Å²) >= 11 is 0. The van der Waals surface area contributed by atoms with Crippen LogP contribution in [-0.4, -0.2) is 74.7 Å². The molecule has 0 aliphatic rings. The molecule has 0 saturated carbocycles. The van der Waals surface area contributed by atoms with Gasteiger partial charge in [0.05, 0.1) is 19.6 Å². The van der Waals surface area contributed by atoms with Crippen molar-refractivity contribution in [1.29, 1.82) is 0 Å². The van der Waals surface area contributed by atoms with E-state index in [-0.39, 0.29) is 50.8 Å². The van der Waals surface area contributed by atoms with Crippen LogP contribution < -0.4 is 31.9 Å². The summed E-state index contributed by atoms with van der Waals surface area (Å²) in [6.07, 6.45) is 5.09. The van der Waals surface area contributed by atoms with Gasteiger partial charge in [0.2, 0.25) is 35.4 Å². The zero-order valence-electron chi connectivity index (χ0n) is 22.9. The molecule has 0 fully saturated rings. The zero-order valence-corrected chi connectivity index (χ0v) is 22.9. The molecular weight excluding hydrogens is 504 g/mol. The molecule has 0 aromatic heterocycles. The highest BCUT2D eigenvalue weighted by Gasteiger charge is 2.22. The summed E-state index contributed by atoms with van der Waals surface area (Å²) in [4.78, 5) is 72.4. The molecule has 12 heteroatoms. The second-order valence-electron chi connectivity index (χ2n) is 9.02. The van der Waals surface area contributed by atoms with Crippen molar-refractivity contribution in [3.8, 4) is 0 Å². The lowest BCUT2D eigenvalue weighted by molar-refractivity contribution is -0.131. The first-order valence-electron chi connectivity index (χ1n) is 13.4. The average Bonchev–Trinajstić information content (AvgIpc) is 2.94. The van der Waals surface area contributed by atoms with Gasteiger partial charge in [0, 0.05) is 32.9 Å². The van der Waals surface area contributed by atoms with Crippen LogP contribution in [0.5, 0.6) is 0 Å². The van der Waals surface area contributed by atoms with Gasteiger partial charge in [-0.05, 0) is 18.4 Å². The molecule has 0 heterocycles. The van der Waals surface area contributed by atoms with Crippen molar-refractivity contribution in [2.45, 2.75) is 64.3 Å². The van der Waals surface area contributed by atoms with Crippen LogP contribution >= 0.6 is 0 Å². The fourth-order valence-corrected chi connectivity index (χ4v) is 3.48. The van der Waals surface area contributed by atoms with Crippen LogP contribution in [0.15, 0.2) is 30.3 Å². The molecule has 1 rings (SSSR count). The highest BCUT2D eigenvalue weighted by Crippen LogP contribution is 2.04. The molecule has 0 aliphatic carbocycles. The maximum Gasteiger partial charge on any atom is 0.243 e. The van der Waals surface area contributed by atoms with Crippen molar-refractivity contribution >= 4 is 35.4 Å². The second-order valence-corrected chi connectivity index (χ2v) is 9.02. The molecule has 0 aliphatic heterocycles. The zero-order chi connectivity index (χ0) is 28.9. The lowest BCUT2D eigenvalue weighted by Crippen LogP contribution is -2.52. The van der Waals surface area contributed by atoms with Crippen molar-refractivity contribution < 1.29 is 28.8 Å². The molecule has 0 bridgehead atoms. The molecular formula is C27H42N6O6. The molecule has 0 spiro atoms. The quantitative estimate of drug-likeness (QED) is 0.130. The van der Waals surface area contributed by atoms with E-state index in [0.717, 1.165) is 31.2 Å². The first kappa shape index (κ1) is 33.1. The van der Waals surface area contributed by atoms with E-state index in [1.165, 1.54) is 7.05 Å². The molecule has 1 atom stereocenters. The molecule has 1 unspecified atom stereocenters.